The van der Waals surface area contributed by atoms with Gasteiger partial charge in [0.1, 0.15) is 17.7 Å². The average molecular weight is 271 g/mol. The van der Waals surface area contributed by atoms with E-state index in [-0.39, 0.29) is 13.0 Å². The number of amides is 1. The average Bonchev–Trinajstić information content (AvgIpc) is 2.74. The lowest BCUT2D eigenvalue weighted by atomic mass is 10.1. The van der Waals surface area contributed by atoms with Crippen molar-refractivity contribution in [3.05, 3.63) is 35.4 Å². The minimum Gasteiger partial charge on any atom is -0.480 e. The number of hydrogen-bond acceptors (Lipinski definition) is 3. The van der Waals surface area contributed by atoms with Crippen LogP contribution in [0.15, 0.2) is 18.2 Å². The third-order valence-electron chi connectivity index (χ3n) is 2.98. The third-order valence-corrected chi connectivity index (χ3v) is 2.98. The zero-order chi connectivity index (χ0) is 14.2. The highest BCUT2D eigenvalue weighted by atomic mass is 19.1. The first-order valence-electron chi connectivity index (χ1n) is 5.57. The van der Waals surface area contributed by atoms with Crippen molar-refractivity contribution in [2.75, 3.05) is 6.54 Å². The summed E-state index contributed by atoms with van der Waals surface area (Å²) in [6.07, 6.45) is -1.11. The maximum atomic E-state index is 13.5. The van der Waals surface area contributed by atoms with E-state index in [9.17, 15) is 23.5 Å². The Morgan fingerprint density at radius 1 is 1.32 bits per heavy atom. The predicted molar refractivity (Wildman–Crippen MR) is 59.4 cm³/mol. The van der Waals surface area contributed by atoms with Crippen LogP contribution in [0.1, 0.15) is 16.8 Å². The minimum absolute atomic E-state index is 0.127. The summed E-state index contributed by atoms with van der Waals surface area (Å²) in [5.41, 5.74) is -0.541. The van der Waals surface area contributed by atoms with E-state index >= 15 is 0 Å². The van der Waals surface area contributed by atoms with Crippen LogP contribution in [-0.4, -0.2) is 45.7 Å². The quantitative estimate of drug-likeness (QED) is 0.826. The molecule has 0 saturated carbocycles. The molecule has 2 atom stereocenters. The van der Waals surface area contributed by atoms with E-state index in [1.807, 2.05) is 0 Å². The van der Waals surface area contributed by atoms with Gasteiger partial charge in [-0.15, -0.1) is 0 Å². The van der Waals surface area contributed by atoms with Gasteiger partial charge in [-0.1, -0.05) is 0 Å². The highest BCUT2D eigenvalue weighted by Gasteiger charge is 2.39. The van der Waals surface area contributed by atoms with Crippen LogP contribution >= 0.6 is 0 Å². The van der Waals surface area contributed by atoms with Gasteiger partial charge >= 0.3 is 5.97 Å². The first-order valence-corrected chi connectivity index (χ1v) is 5.57. The molecule has 102 valence electrons. The zero-order valence-electron chi connectivity index (χ0n) is 9.72. The number of carbonyl (C=O) groups is 2. The van der Waals surface area contributed by atoms with Crippen molar-refractivity contribution < 1.29 is 28.6 Å². The Labute approximate surface area is 107 Å². The lowest BCUT2D eigenvalue weighted by Crippen LogP contribution is -2.41. The normalized spacial score (nSPS) is 22.6. The Kier molecular flexibility index (Phi) is 3.48. The molecule has 2 rings (SSSR count). The fourth-order valence-corrected chi connectivity index (χ4v) is 2.09. The Bertz CT molecular complexity index is 534. The molecule has 1 aromatic rings. The van der Waals surface area contributed by atoms with Crippen molar-refractivity contribution in [2.24, 2.45) is 0 Å². The molecule has 1 aromatic carbocycles. The smallest absolute Gasteiger partial charge is 0.326 e. The van der Waals surface area contributed by atoms with Crippen LogP contribution in [0.5, 0.6) is 0 Å². The Morgan fingerprint density at radius 2 is 2.00 bits per heavy atom. The fourth-order valence-electron chi connectivity index (χ4n) is 2.09. The van der Waals surface area contributed by atoms with Crippen molar-refractivity contribution >= 4 is 11.9 Å². The van der Waals surface area contributed by atoms with E-state index in [1.54, 1.807) is 0 Å². The second-order valence-corrected chi connectivity index (χ2v) is 4.33. The third kappa shape index (κ3) is 2.55. The number of likely N-dealkylation sites (tertiary alicyclic amines) is 1. The van der Waals surface area contributed by atoms with Crippen molar-refractivity contribution in [3.63, 3.8) is 0 Å². The Morgan fingerprint density at radius 3 is 2.63 bits per heavy atom. The number of halogens is 2. The summed E-state index contributed by atoms with van der Waals surface area (Å²) in [4.78, 5) is 23.8. The summed E-state index contributed by atoms with van der Waals surface area (Å²) >= 11 is 0. The van der Waals surface area contributed by atoms with Crippen LogP contribution < -0.4 is 0 Å². The van der Waals surface area contributed by atoms with Crippen molar-refractivity contribution in [2.45, 2.75) is 18.6 Å². The summed E-state index contributed by atoms with van der Waals surface area (Å²) in [5.74, 6) is -3.96. The summed E-state index contributed by atoms with van der Waals surface area (Å²) in [7, 11) is 0. The number of aliphatic carboxylic acids is 1. The van der Waals surface area contributed by atoms with Gasteiger partial charge in [0.2, 0.25) is 0 Å². The topological polar surface area (TPSA) is 77.8 Å². The summed E-state index contributed by atoms with van der Waals surface area (Å²) < 4.78 is 26.5. The first kappa shape index (κ1) is 13.4. The number of carboxylic acids is 1. The molecule has 1 aliphatic heterocycles. The number of nitrogens with zero attached hydrogens (tertiary/aromatic N) is 1. The van der Waals surface area contributed by atoms with Gasteiger partial charge < -0.3 is 15.1 Å². The van der Waals surface area contributed by atoms with Crippen LogP contribution in [0, 0.1) is 11.6 Å². The van der Waals surface area contributed by atoms with Crippen LogP contribution in [-0.2, 0) is 4.79 Å². The van der Waals surface area contributed by atoms with Gasteiger partial charge in [-0.3, -0.25) is 4.79 Å². The van der Waals surface area contributed by atoms with E-state index in [4.69, 9.17) is 5.11 Å². The number of hydrogen-bond donors (Lipinski definition) is 2. The molecule has 0 bridgehead atoms. The van der Waals surface area contributed by atoms with Gasteiger partial charge in [0.15, 0.2) is 0 Å². The van der Waals surface area contributed by atoms with Crippen LogP contribution in [0.25, 0.3) is 0 Å². The molecule has 1 fully saturated rings. The van der Waals surface area contributed by atoms with Crippen molar-refractivity contribution in [3.8, 4) is 0 Å². The van der Waals surface area contributed by atoms with Gasteiger partial charge in [-0.2, -0.15) is 0 Å². The molecule has 2 N–H and O–H groups in total. The number of rotatable bonds is 2. The Hall–Kier alpha value is -2.02. The van der Waals surface area contributed by atoms with Crippen LogP contribution in [0.3, 0.4) is 0 Å². The molecule has 0 unspecified atom stereocenters. The molecule has 0 aromatic heterocycles. The zero-order valence-corrected chi connectivity index (χ0v) is 9.72. The summed E-state index contributed by atoms with van der Waals surface area (Å²) in [5, 5.41) is 18.4. The minimum atomic E-state index is -1.29. The molecule has 5 nitrogen and oxygen atoms in total. The van der Waals surface area contributed by atoms with E-state index < -0.39 is 41.2 Å². The highest BCUT2D eigenvalue weighted by molar-refractivity contribution is 5.97. The molecule has 1 amide bonds. The summed E-state index contributed by atoms with van der Waals surface area (Å²) in [6.45, 7) is -0.217. The standard InChI is InChI=1S/C12H11F2NO4/c13-6-1-2-9(14)8(3-6)11(17)15-5-7(16)4-10(15)12(18)19/h1-3,7,10,16H,4-5H2,(H,18,19)/t7-,10-/m0/s1. The highest BCUT2D eigenvalue weighted by Crippen LogP contribution is 2.22. The van der Waals surface area contributed by atoms with E-state index in [2.05, 4.69) is 0 Å². The molecule has 1 heterocycles. The molecule has 0 aliphatic carbocycles. The molecular weight excluding hydrogens is 260 g/mol. The largest absolute Gasteiger partial charge is 0.480 e. The SMILES string of the molecule is O=C(O)[C@@H]1C[C@H](O)CN1C(=O)c1cc(F)ccc1F. The van der Waals surface area contributed by atoms with Gasteiger partial charge in [-0.25, -0.2) is 13.6 Å². The second-order valence-electron chi connectivity index (χ2n) is 4.33. The number of benzene rings is 1. The Balaban J connectivity index is 2.33. The number of carbonyl (C=O) groups excluding carboxylic acids is 1. The lowest BCUT2D eigenvalue weighted by molar-refractivity contribution is -0.141. The van der Waals surface area contributed by atoms with Crippen molar-refractivity contribution in [1.29, 1.82) is 0 Å². The molecule has 19 heavy (non-hydrogen) atoms. The number of carboxylic acid groups (broad SMARTS) is 1. The number of aliphatic hydroxyl groups is 1. The van der Waals surface area contributed by atoms with Crippen molar-refractivity contribution in [1.82, 2.24) is 4.90 Å². The molecule has 0 spiro atoms. The molecule has 1 aliphatic rings. The van der Waals surface area contributed by atoms with Gasteiger partial charge in [0.05, 0.1) is 11.7 Å². The molecule has 1 saturated heterocycles. The monoisotopic (exact) mass is 271 g/mol. The van der Waals surface area contributed by atoms with Crippen LogP contribution in [0.4, 0.5) is 8.78 Å². The number of β-amino-alcohol motifs (C(OH)–C–C–N with tert-alkyl or cyclic N) is 1. The first-order chi connectivity index (χ1) is 8.90. The maximum Gasteiger partial charge on any atom is 0.326 e. The fraction of sp³-hybridized carbons (Fsp3) is 0.333. The molecule has 7 heteroatoms. The molecule has 0 radical (unpaired) electrons. The molecular formula is C12H11F2NO4. The van der Waals surface area contributed by atoms with Gasteiger partial charge in [0.25, 0.3) is 5.91 Å². The van der Waals surface area contributed by atoms with E-state index in [1.165, 1.54) is 0 Å². The second kappa shape index (κ2) is 4.93. The van der Waals surface area contributed by atoms with E-state index in [0.717, 1.165) is 17.0 Å². The van der Waals surface area contributed by atoms with Crippen LogP contribution in [0.2, 0.25) is 0 Å². The van der Waals surface area contributed by atoms with Gasteiger partial charge in [0, 0.05) is 13.0 Å². The number of aliphatic hydroxyl groups excluding tert-OH is 1. The van der Waals surface area contributed by atoms with Gasteiger partial charge in [-0.05, 0) is 18.2 Å². The maximum absolute atomic E-state index is 13.5. The predicted octanol–water partition coefficient (Wildman–Crippen LogP) is 0.625. The van der Waals surface area contributed by atoms with E-state index in [0.29, 0.717) is 6.07 Å². The lowest BCUT2D eigenvalue weighted by Gasteiger charge is -2.21. The summed E-state index contributed by atoms with van der Waals surface area (Å²) in [6, 6.07) is 1.14.